The van der Waals surface area contributed by atoms with E-state index in [9.17, 15) is 23.6 Å². The molecule has 5 rings (SSSR count). The molecule has 4 amide bonds. The average molecular weight is 435 g/mol. The van der Waals surface area contributed by atoms with Crippen LogP contribution in [-0.2, 0) is 27.5 Å². The Balaban J connectivity index is 1.20. The number of fused-ring (bicyclic) bond motifs is 1. The number of nitrogens with one attached hydrogen (secondary N) is 2. The van der Waals surface area contributed by atoms with Crippen molar-refractivity contribution in [2.75, 3.05) is 0 Å². The van der Waals surface area contributed by atoms with E-state index in [1.54, 1.807) is 18.2 Å². The van der Waals surface area contributed by atoms with E-state index in [0.29, 0.717) is 31.5 Å². The van der Waals surface area contributed by atoms with Crippen molar-refractivity contribution < 1.29 is 23.6 Å². The molecule has 0 radical (unpaired) electrons. The van der Waals surface area contributed by atoms with Gasteiger partial charge < -0.3 is 10.2 Å². The summed E-state index contributed by atoms with van der Waals surface area (Å²) in [6, 6.07) is 11.1. The lowest BCUT2D eigenvalue weighted by Gasteiger charge is -2.29. The summed E-state index contributed by atoms with van der Waals surface area (Å²) in [4.78, 5) is 50.3. The third kappa shape index (κ3) is 3.77. The molecule has 2 N–H and O–H groups in total. The summed E-state index contributed by atoms with van der Waals surface area (Å²) in [6.45, 7) is 0.623. The molecule has 1 saturated heterocycles. The standard InChI is InChI=1S/C24H22FN3O4/c25-16-3-1-2-14(9-16)18-10-19(18)22(30)26-11-13-4-5-17-15(8-13)12-28(24(17)32)20-6-7-21(29)27-23(20)31/h1-5,8-9,18-20H,6-7,10-12H2,(H,26,30)(H,27,29,31)/t18-,19+,20?/m0/s1. The number of carbonyl (C=O) groups is 4. The maximum Gasteiger partial charge on any atom is 0.255 e. The number of rotatable bonds is 5. The summed E-state index contributed by atoms with van der Waals surface area (Å²) in [7, 11) is 0. The van der Waals surface area contributed by atoms with E-state index in [0.717, 1.165) is 16.7 Å². The molecule has 1 saturated carbocycles. The molecule has 1 aliphatic carbocycles. The van der Waals surface area contributed by atoms with E-state index in [-0.39, 0.29) is 41.8 Å². The third-order valence-electron chi connectivity index (χ3n) is 6.46. The lowest BCUT2D eigenvalue weighted by Crippen LogP contribution is -2.52. The Kier molecular flexibility index (Phi) is 5.00. The maximum absolute atomic E-state index is 13.4. The van der Waals surface area contributed by atoms with Crippen LogP contribution in [0.5, 0.6) is 0 Å². The van der Waals surface area contributed by atoms with Gasteiger partial charge in [0.05, 0.1) is 0 Å². The Hall–Kier alpha value is -3.55. The lowest BCUT2D eigenvalue weighted by atomic mass is 10.0. The predicted molar refractivity (Wildman–Crippen MR) is 112 cm³/mol. The second-order valence-corrected chi connectivity index (χ2v) is 8.61. The van der Waals surface area contributed by atoms with Gasteiger partial charge >= 0.3 is 0 Å². The van der Waals surface area contributed by atoms with Gasteiger partial charge in [-0.3, -0.25) is 24.5 Å². The van der Waals surface area contributed by atoms with Gasteiger partial charge in [0.25, 0.3) is 5.91 Å². The largest absolute Gasteiger partial charge is 0.352 e. The van der Waals surface area contributed by atoms with Gasteiger partial charge in [0.15, 0.2) is 0 Å². The number of piperidine rings is 1. The van der Waals surface area contributed by atoms with Gasteiger partial charge in [0, 0.05) is 31.0 Å². The second-order valence-electron chi connectivity index (χ2n) is 8.61. The quantitative estimate of drug-likeness (QED) is 0.703. The summed E-state index contributed by atoms with van der Waals surface area (Å²) in [6.07, 6.45) is 1.24. The lowest BCUT2D eigenvalue weighted by molar-refractivity contribution is -0.137. The monoisotopic (exact) mass is 435 g/mol. The van der Waals surface area contributed by atoms with Gasteiger partial charge in [-0.25, -0.2) is 4.39 Å². The van der Waals surface area contributed by atoms with Crippen LogP contribution in [0.1, 0.15) is 52.2 Å². The van der Waals surface area contributed by atoms with Crippen molar-refractivity contribution in [3.63, 3.8) is 0 Å². The zero-order valence-electron chi connectivity index (χ0n) is 17.3. The van der Waals surface area contributed by atoms with Gasteiger partial charge in [-0.05, 0) is 53.6 Å². The zero-order chi connectivity index (χ0) is 22.4. The average Bonchev–Trinajstić information content (AvgIpc) is 3.51. The molecule has 2 aromatic rings. The van der Waals surface area contributed by atoms with Crippen molar-refractivity contribution in [3.05, 3.63) is 70.5 Å². The minimum Gasteiger partial charge on any atom is -0.352 e. The van der Waals surface area contributed by atoms with E-state index in [2.05, 4.69) is 10.6 Å². The Morgan fingerprint density at radius 1 is 1.16 bits per heavy atom. The summed E-state index contributed by atoms with van der Waals surface area (Å²) >= 11 is 0. The molecule has 7 nitrogen and oxygen atoms in total. The molecule has 1 unspecified atom stereocenters. The van der Waals surface area contributed by atoms with Gasteiger partial charge in [-0.1, -0.05) is 24.3 Å². The molecule has 0 bridgehead atoms. The van der Waals surface area contributed by atoms with Crippen molar-refractivity contribution in [2.24, 2.45) is 5.92 Å². The number of nitrogens with zero attached hydrogens (tertiary/aromatic N) is 1. The molecule has 164 valence electrons. The van der Waals surface area contributed by atoms with Crippen LogP contribution in [-0.4, -0.2) is 34.6 Å². The fourth-order valence-electron chi connectivity index (χ4n) is 4.65. The number of benzene rings is 2. The minimum atomic E-state index is -0.648. The van der Waals surface area contributed by atoms with Crippen LogP contribution in [0.25, 0.3) is 0 Å². The summed E-state index contributed by atoms with van der Waals surface area (Å²) in [5, 5.41) is 5.22. The van der Waals surface area contributed by atoms with Crippen LogP contribution in [0, 0.1) is 11.7 Å². The first-order valence-corrected chi connectivity index (χ1v) is 10.7. The van der Waals surface area contributed by atoms with Crippen LogP contribution in [0.3, 0.4) is 0 Å². The van der Waals surface area contributed by atoms with Gasteiger partial charge in [-0.15, -0.1) is 0 Å². The molecule has 2 aliphatic heterocycles. The molecule has 0 spiro atoms. The number of imide groups is 1. The summed E-state index contributed by atoms with van der Waals surface area (Å²) in [5.74, 6) is -1.45. The van der Waals surface area contributed by atoms with E-state index in [1.807, 2.05) is 12.1 Å². The highest BCUT2D eigenvalue weighted by molar-refractivity contribution is 6.05. The van der Waals surface area contributed by atoms with Crippen LogP contribution in [0.15, 0.2) is 42.5 Å². The zero-order valence-corrected chi connectivity index (χ0v) is 17.3. The molecular formula is C24H22FN3O4. The number of amides is 4. The van der Waals surface area contributed by atoms with Crippen LogP contribution in [0.2, 0.25) is 0 Å². The molecule has 3 aliphatic rings. The molecule has 8 heteroatoms. The Labute approximate surface area is 184 Å². The Morgan fingerprint density at radius 2 is 2.00 bits per heavy atom. The van der Waals surface area contributed by atoms with Crippen LogP contribution in [0.4, 0.5) is 4.39 Å². The van der Waals surface area contributed by atoms with Crippen molar-refractivity contribution in [1.82, 2.24) is 15.5 Å². The van der Waals surface area contributed by atoms with Gasteiger partial charge in [0.2, 0.25) is 17.7 Å². The Morgan fingerprint density at radius 3 is 2.78 bits per heavy atom. The smallest absolute Gasteiger partial charge is 0.255 e. The summed E-state index contributed by atoms with van der Waals surface area (Å²) in [5.41, 5.74) is 3.04. The first-order chi connectivity index (χ1) is 15.4. The number of hydrogen-bond acceptors (Lipinski definition) is 4. The van der Waals surface area contributed by atoms with Crippen LogP contribution < -0.4 is 10.6 Å². The maximum atomic E-state index is 13.4. The minimum absolute atomic E-state index is 0.0467. The topological polar surface area (TPSA) is 95.6 Å². The first kappa shape index (κ1) is 20.4. The first-order valence-electron chi connectivity index (χ1n) is 10.7. The van der Waals surface area contributed by atoms with E-state index in [4.69, 9.17) is 0 Å². The molecule has 2 aromatic carbocycles. The molecule has 32 heavy (non-hydrogen) atoms. The highest BCUT2D eigenvalue weighted by Gasteiger charge is 2.44. The second kappa shape index (κ2) is 7.85. The molecule has 2 fully saturated rings. The molecular weight excluding hydrogens is 413 g/mol. The number of halogens is 1. The van der Waals surface area contributed by atoms with Gasteiger partial charge in [0.1, 0.15) is 11.9 Å². The van der Waals surface area contributed by atoms with Crippen molar-refractivity contribution in [1.29, 1.82) is 0 Å². The highest BCUT2D eigenvalue weighted by Crippen LogP contribution is 2.47. The normalized spacial score (nSPS) is 24.2. The fraction of sp³-hybridized carbons (Fsp3) is 0.333. The van der Waals surface area contributed by atoms with E-state index < -0.39 is 11.9 Å². The predicted octanol–water partition coefficient (Wildman–Crippen LogP) is 2.01. The van der Waals surface area contributed by atoms with E-state index in [1.165, 1.54) is 17.0 Å². The van der Waals surface area contributed by atoms with Crippen molar-refractivity contribution in [2.45, 2.75) is 44.3 Å². The van der Waals surface area contributed by atoms with Crippen molar-refractivity contribution >= 4 is 23.6 Å². The van der Waals surface area contributed by atoms with Gasteiger partial charge in [-0.2, -0.15) is 0 Å². The SMILES string of the molecule is O=C1CCC(N2Cc3cc(CNC(=O)[C@@H]4C[C@H]4c4cccc(F)c4)ccc3C2=O)C(=O)N1. The highest BCUT2D eigenvalue weighted by atomic mass is 19.1. The third-order valence-corrected chi connectivity index (χ3v) is 6.46. The molecule has 2 heterocycles. The van der Waals surface area contributed by atoms with E-state index >= 15 is 0 Å². The molecule has 3 atom stereocenters. The fourth-order valence-corrected chi connectivity index (χ4v) is 4.65. The number of hydrogen-bond donors (Lipinski definition) is 2. The Bertz CT molecular complexity index is 1150. The van der Waals surface area contributed by atoms with Crippen molar-refractivity contribution in [3.8, 4) is 0 Å². The van der Waals surface area contributed by atoms with Crippen LogP contribution >= 0.6 is 0 Å². The molecule has 0 aromatic heterocycles. The summed E-state index contributed by atoms with van der Waals surface area (Å²) < 4.78 is 13.4. The number of carbonyl (C=O) groups excluding carboxylic acids is 4.